The van der Waals surface area contributed by atoms with Crippen molar-refractivity contribution in [3.8, 4) is 0 Å². The quantitative estimate of drug-likeness (QED) is 0.704. The molecule has 5 rings (SSSR count). The van der Waals surface area contributed by atoms with Gasteiger partial charge in [-0.05, 0) is 37.5 Å². The minimum absolute atomic E-state index is 0.0631. The van der Waals surface area contributed by atoms with E-state index in [2.05, 4.69) is 22.5 Å². The molecule has 0 bridgehead atoms. The fourth-order valence-electron chi connectivity index (χ4n) is 3.95. The number of aryl methyl sites for hydroxylation is 1. The lowest BCUT2D eigenvalue weighted by Gasteiger charge is -2.38. The third-order valence-electron chi connectivity index (χ3n) is 5.46. The molecule has 5 nitrogen and oxygen atoms in total. The van der Waals surface area contributed by atoms with Crippen molar-refractivity contribution in [2.24, 2.45) is 0 Å². The number of aromatic nitrogens is 2. The average Bonchev–Trinajstić information content (AvgIpc) is 3.49. The van der Waals surface area contributed by atoms with Crippen LogP contribution in [0.1, 0.15) is 46.2 Å². The van der Waals surface area contributed by atoms with Crippen LogP contribution in [-0.2, 0) is 6.54 Å². The number of hydrogen-bond donors (Lipinski definition) is 1. The Morgan fingerprint density at radius 1 is 1.11 bits per heavy atom. The summed E-state index contributed by atoms with van der Waals surface area (Å²) < 4.78 is 1.82. The molecule has 0 spiro atoms. The molecule has 2 aliphatic rings. The molecule has 142 valence electrons. The lowest BCUT2D eigenvalue weighted by Crippen LogP contribution is -2.44. The fourth-order valence-corrected chi connectivity index (χ4v) is 4.29. The maximum absolute atomic E-state index is 13.2. The zero-order valence-corrected chi connectivity index (χ0v) is 16.4. The third-order valence-corrected chi connectivity index (χ3v) is 5.86. The number of fused-ring (bicyclic) bond motifs is 1. The number of nitrogens with one attached hydrogen (secondary N) is 1. The van der Waals surface area contributed by atoms with Gasteiger partial charge in [-0.25, -0.2) is 4.68 Å². The van der Waals surface area contributed by atoms with Crippen molar-refractivity contribution in [1.82, 2.24) is 14.7 Å². The highest BCUT2D eigenvalue weighted by molar-refractivity contribution is 6.30. The molecule has 1 aromatic heterocycles. The van der Waals surface area contributed by atoms with E-state index in [0.29, 0.717) is 11.7 Å². The van der Waals surface area contributed by atoms with Crippen molar-refractivity contribution in [2.75, 3.05) is 5.32 Å². The van der Waals surface area contributed by atoms with Crippen molar-refractivity contribution >= 4 is 23.2 Å². The predicted molar refractivity (Wildman–Crippen MR) is 110 cm³/mol. The normalized spacial score (nSPS) is 18.7. The summed E-state index contributed by atoms with van der Waals surface area (Å²) in [4.78, 5) is 15.2. The maximum Gasteiger partial charge on any atom is 0.258 e. The van der Waals surface area contributed by atoms with Crippen LogP contribution in [0.5, 0.6) is 0 Å². The van der Waals surface area contributed by atoms with Crippen LogP contribution in [0.2, 0.25) is 5.15 Å². The minimum atomic E-state index is -0.299. The van der Waals surface area contributed by atoms with Crippen LogP contribution in [0.25, 0.3) is 0 Å². The van der Waals surface area contributed by atoms with Gasteiger partial charge in [-0.2, -0.15) is 5.10 Å². The van der Waals surface area contributed by atoms with Crippen molar-refractivity contribution in [3.63, 3.8) is 0 Å². The Labute approximate surface area is 168 Å². The van der Waals surface area contributed by atoms with Crippen molar-refractivity contribution in [3.05, 3.63) is 82.1 Å². The highest BCUT2D eigenvalue weighted by atomic mass is 35.5. The number of halogens is 1. The molecule has 0 saturated heterocycles. The molecule has 1 saturated carbocycles. The number of amides is 1. The monoisotopic (exact) mass is 392 g/mol. The molecular formula is C22H21ClN4O. The Kier molecular flexibility index (Phi) is 4.13. The SMILES string of the molecule is Cc1nn(Cc2ccccc2)c(Cl)c1[C@@H]1Nc2ccccc2C(=O)N1C1CC1. The zero-order valence-electron chi connectivity index (χ0n) is 15.6. The van der Waals surface area contributed by atoms with Crippen molar-refractivity contribution in [2.45, 2.75) is 38.5 Å². The van der Waals surface area contributed by atoms with Gasteiger partial charge in [0.1, 0.15) is 11.3 Å². The molecule has 1 amide bonds. The van der Waals surface area contributed by atoms with Crippen molar-refractivity contribution in [1.29, 1.82) is 0 Å². The average molecular weight is 393 g/mol. The molecule has 2 heterocycles. The van der Waals surface area contributed by atoms with E-state index in [0.717, 1.165) is 40.9 Å². The van der Waals surface area contributed by atoms with Crippen LogP contribution >= 0.6 is 11.6 Å². The Morgan fingerprint density at radius 3 is 2.57 bits per heavy atom. The Bertz CT molecular complexity index is 1040. The second kappa shape index (κ2) is 6.67. The summed E-state index contributed by atoms with van der Waals surface area (Å²) in [5, 5.41) is 8.80. The first kappa shape index (κ1) is 17.3. The first-order valence-electron chi connectivity index (χ1n) is 9.58. The van der Waals surface area contributed by atoms with Crippen LogP contribution in [0.15, 0.2) is 54.6 Å². The topological polar surface area (TPSA) is 50.2 Å². The Balaban J connectivity index is 1.55. The first-order chi connectivity index (χ1) is 13.6. The second-order valence-corrected chi connectivity index (χ2v) is 7.83. The minimum Gasteiger partial charge on any atom is -0.361 e. The smallest absolute Gasteiger partial charge is 0.258 e. The number of rotatable bonds is 4. The van der Waals surface area contributed by atoms with Crippen LogP contribution in [-0.4, -0.2) is 26.6 Å². The molecule has 1 aliphatic heterocycles. The number of carbonyl (C=O) groups is 1. The molecule has 0 radical (unpaired) electrons. The first-order valence-corrected chi connectivity index (χ1v) is 9.96. The van der Waals surface area contributed by atoms with E-state index in [9.17, 15) is 4.79 Å². The summed E-state index contributed by atoms with van der Waals surface area (Å²) in [5.41, 5.74) is 4.43. The molecular weight excluding hydrogens is 372 g/mol. The highest BCUT2D eigenvalue weighted by Gasteiger charge is 2.43. The zero-order chi connectivity index (χ0) is 19.3. The lowest BCUT2D eigenvalue weighted by molar-refractivity contribution is 0.0666. The number of nitrogens with zero attached hydrogens (tertiary/aromatic N) is 3. The van der Waals surface area contributed by atoms with E-state index in [1.54, 1.807) is 0 Å². The van der Waals surface area contributed by atoms with Crippen LogP contribution in [0, 0.1) is 6.92 Å². The Morgan fingerprint density at radius 2 is 1.82 bits per heavy atom. The van der Waals surface area contributed by atoms with Gasteiger partial charge in [0.2, 0.25) is 0 Å². The molecule has 6 heteroatoms. The molecule has 1 fully saturated rings. The molecule has 1 N–H and O–H groups in total. The van der Waals surface area contributed by atoms with E-state index >= 15 is 0 Å². The number of anilines is 1. The van der Waals surface area contributed by atoms with Gasteiger partial charge in [-0.3, -0.25) is 4.79 Å². The summed E-state index contributed by atoms with van der Waals surface area (Å²) >= 11 is 6.80. The van der Waals surface area contributed by atoms with Crippen molar-refractivity contribution < 1.29 is 4.79 Å². The molecule has 1 atom stereocenters. The molecule has 28 heavy (non-hydrogen) atoms. The molecule has 2 aromatic carbocycles. The lowest BCUT2D eigenvalue weighted by atomic mass is 10.0. The summed E-state index contributed by atoms with van der Waals surface area (Å²) in [5.74, 6) is 0.0631. The third kappa shape index (κ3) is 2.87. The summed E-state index contributed by atoms with van der Waals surface area (Å²) in [6.07, 6.45) is 1.76. The predicted octanol–water partition coefficient (Wildman–Crippen LogP) is 4.62. The highest BCUT2D eigenvalue weighted by Crippen LogP contribution is 2.43. The standard InChI is InChI=1S/C22H21ClN4O/c1-14-19(20(23)26(25-14)13-15-7-3-2-4-8-15)21-24-18-10-6-5-9-17(18)22(28)27(21)16-11-12-16/h2-10,16,21,24H,11-13H2,1H3/t21-/m1/s1. The van der Waals surface area contributed by atoms with Gasteiger partial charge in [0, 0.05) is 11.7 Å². The van der Waals surface area contributed by atoms with Gasteiger partial charge in [0.15, 0.2) is 0 Å². The van der Waals surface area contributed by atoms with Crippen LogP contribution in [0.3, 0.4) is 0 Å². The van der Waals surface area contributed by atoms with E-state index in [4.69, 9.17) is 11.6 Å². The van der Waals surface area contributed by atoms with Crippen LogP contribution in [0.4, 0.5) is 5.69 Å². The fraction of sp³-hybridized carbons (Fsp3) is 0.273. The van der Waals surface area contributed by atoms with E-state index < -0.39 is 0 Å². The van der Waals surface area contributed by atoms with E-state index in [1.165, 1.54) is 0 Å². The summed E-state index contributed by atoms with van der Waals surface area (Å²) in [6, 6.07) is 18.0. The summed E-state index contributed by atoms with van der Waals surface area (Å²) in [7, 11) is 0. The largest absolute Gasteiger partial charge is 0.361 e. The number of carbonyl (C=O) groups excluding carboxylic acids is 1. The van der Waals surface area contributed by atoms with E-state index in [-0.39, 0.29) is 18.1 Å². The van der Waals surface area contributed by atoms with Gasteiger partial charge in [-0.1, -0.05) is 54.1 Å². The number of benzene rings is 2. The number of hydrogen-bond acceptors (Lipinski definition) is 3. The van der Waals surface area contributed by atoms with Gasteiger partial charge < -0.3 is 10.2 Å². The van der Waals surface area contributed by atoms with Gasteiger partial charge in [0.05, 0.1) is 23.4 Å². The van der Waals surface area contributed by atoms with Gasteiger partial charge in [0.25, 0.3) is 5.91 Å². The van der Waals surface area contributed by atoms with E-state index in [1.807, 2.05) is 59.0 Å². The van der Waals surface area contributed by atoms with Gasteiger partial charge in [-0.15, -0.1) is 0 Å². The summed E-state index contributed by atoms with van der Waals surface area (Å²) in [6.45, 7) is 2.56. The number of para-hydroxylation sites is 1. The molecule has 3 aromatic rings. The molecule has 1 aliphatic carbocycles. The molecule has 0 unspecified atom stereocenters. The second-order valence-electron chi connectivity index (χ2n) is 7.47. The Hall–Kier alpha value is -2.79. The maximum atomic E-state index is 13.2. The van der Waals surface area contributed by atoms with Gasteiger partial charge >= 0.3 is 0 Å². The van der Waals surface area contributed by atoms with Crippen LogP contribution < -0.4 is 5.32 Å².